The molecule has 0 bridgehead atoms. The number of carbonyl (C=O) groups excluding carboxylic acids is 1. The van der Waals surface area contributed by atoms with Gasteiger partial charge in [-0.15, -0.1) is 0 Å². The molecule has 4 aromatic rings. The smallest absolute Gasteiger partial charge is 0.307 e. The van der Waals surface area contributed by atoms with Gasteiger partial charge in [-0.25, -0.2) is 5.43 Å². The highest BCUT2D eigenvalue weighted by Gasteiger charge is 2.15. The number of hydrogen-bond donors (Lipinski definition) is 1. The van der Waals surface area contributed by atoms with Crippen molar-refractivity contribution >= 4 is 77.5 Å². The molecule has 4 rings (SSSR count). The van der Waals surface area contributed by atoms with Gasteiger partial charge in [-0.2, -0.15) is 10.4 Å². The lowest BCUT2D eigenvalue weighted by molar-refractivity contribution is 0.0929. The fourth-order valence-corrected chi connectivity index (χ4v) is 5.50. The Morgan fingerprint density at radius 2 is 2.00 bits per heavy atom. The van der Waals surface area contributed by atoms with E-state index in [1.165, 1.54) is 6.21 Å². The van der Waals surface area contributed by atoms with E-state index in [4.69, 9.17) is 13.9 Å². The molecule has 0 spiro atoms. The Hall–Kier alpha value is -2.88. The van der Waals surface area contributed by atoms with Crippen LogP contribution in [0.4, 0.5) is 0 Å². The largest absolute Gasteiger partial charge is 0.490 e. The lowest BCUT2D eigenvalue weighted by atomic mass is 10.1. The summed E-state index contributed by atoms with van der Waals surface area (Å²) in [6.07, 6.45) is 1.52. The SMILES string of the molecule is CCOc1cc(/C=N\NC(=O)c2cc3cc(Br)cc(Br)c3o2)cc(I)c1OCc1ccccc1C#N. The van der Waals surface area contributed by atoms with Gasteiger partial charge >= 0.3 is 5.91 Å². The van der Waals surface area contributed by atoms with Crippen LogP contribution in [0.2, 0.25) is 0 Å². The van der Waals surface area contributed by atoms with E-state index in [0.29, 0.717) is 34.8 Å². The summed E-state index contributed by atoms with van der Waals surface area (Å²) in [6, 6.07) is 18.5. The van der Waals surface area contributed by atoms with Crippen LogP contribution in [0.5, 0.6) is 11.5 Å². The number of nitrogens with one attached hydrogen (secondary N) is 1. The molecule has 0 radical (unpaired) electrons. The van der Waals surface area contributed by atoms with Gasteiger partial charge in [-0.05, 0) is 87.4 Å². The Morgan fingerprint density at radius 3 is 2.78 bits per heavy atom. The van der Waals surface area contributed by atoms with Crippen LogP contribution in [0.25, 0.3) is 11.0 Å². The summed E-state index contributed by atoms with van der Waals surface area (Å²) in [5.41, 5.74) is 5.14. The minimum Gasteiger partial charge on any atom is -0.490 e. The number of benzene rings is 3. The number of hydrogen-bond acceptors (Lipinski definition) is 6. The molecule has 182 valence electrons. The second kappa shape index (κ2) is 11.9. The monoisotopic (exact) mass is 721 g/mol. The van der Waals surface area contributed by atoms with Gasteiger partial charge in [0.15, 0.2) is 17.3 Å². The molecule has 0 saturated heterocycles. The molecule has 36 heavy (non-hydrogen) atoms. The topological polar surface area (TPSA) is 96.8 Å². The predicted octanol–water partition coefficient (Wildman–Crippen LogP) is 7.18. The molecule has 7 nitrogen and oxygen atoms in total. The maximum Gasteiger partial charge on any atom is 0.307 e. The van der Waals surface area contributed by atoms with Crippen molar-refractivity contribution in [2.45, 2.75) is 13.5 Å². The number of fused-ring (bicyclic) bond motifs is 1. The van der Waals surface area contributed by atoms with Gasteiger partial charge in [0.1, 0.15) is 12.2 Å². The van der Waals surface area contributed by atoms with E-state index in [2.05, 4.69) is 71.0 Å². The van der Waals surface area contributed by atoms with Crippen LogP contribution in [0.1, 0.15) is 34.2 Å². The van der Waals surface area contributed by atoms with Crippen LogP contribution in [0.3, 0.4) is 0 Å². The van der Waals surface area contributed by atoms with Crippen LogP contribution in [-0.2, 0) is 6.61 Å². The average Bonchev–Trinajstić information content (AvgIpc) is 3.28. The molecule has 1 heterocycles. The number of furan rings is 1. The van der Waals surface area contributed by atoms with E-state index in [0.717, 1.165) is 23.5 Å². The number of nitrogens with zero attached hydrogens (tertiary/aromatic N) is 2. The van der Waals surface area contributed by atoms with Crippen molar-refractivity contribution in [2.75, 3.05) is 6.61 Å². The average molecular weight is 723 g/mol. The van der Waals surface area contributed by atoms with Crippen molar-refractivity contribution in [2.24, 2.45) is 5.10 Å². The highest BCUT2D eigenvalue weighted by atomic mass is 127. The van der Waals surface area contributed by atoms with Crippen LogP contribution < -0.4 is 14.9 Å². The van der Waals surface area contributed by atoms with Crippen molar-refractivity contribution < 1.29 is 18.7 Å². The Kier molecular flexibility index (Phi) is 8.66. The molecule has 10 heteroatoms. The molecular weight excluding hydrogens is 705 g/mol. The molecule has 1 amide bonds. The highest BCUT2D eigenvalue weighted by Crippen LogP contribution is 2.35. The quantitative estimate of drug-likeness (QED) is 0.118. The Bertz CT molecular complexity index is 1510. The first-order valence-corrected chi connectivity index (χ1v) is 13.3. The van der Waals surface area contributed by atoms with E-state index in [9.17, 15) is 10.1 Å². The van der Waals surface area contributed by atoms with E-state index in [1.807, 2.05) is 43.3 Å². The van der Waals surface area contributed by atoms with Gasteiger partial charge in [-0.3, -0.25) is 4.79 Å². The number of ether oxygens (including phenoxy) is 2. The third kappa shape index (κ3) is 6.08. The minimum atomic E-state index is -0.471. The number of amides is 1. The van der Waals surface area contributed by atoms with Gasteiger partial charge in [-0.1, -0.05) is 34.1 Å². The van der Waals surface area contributed by atoms with E-state index in [1.54, 1.807) is 18.2 Å². The lowest BCUT2D eigenvalue weighted by Gasteiger charge is -2.15. The summed E-state index contributed by atoms with van der Waals surface area (Å²) in [5.74, 6) is 0.790. The summed E-state index contributed by atoms with van der Waals surface area (Å²) in [5, 5.41) is 14.2. The van der Waals surface area contributed by atoms with Gasteiger partial charge in [0.25, 0.3) is 0 Å². The third-order valence-corrected chi connectivity index (χ3v) is 6.83. The van der Waals surface area contributed by atoms with Crippen molar-refractivity contribution in [3.8, 4) is 17.6 Å². The van der Waals surface area contributed by atoms with Gasteiger partial charge in [0.05, 0.1) is 32.5 Å². The Labute approximate surface area is 237 Å². The standard InChI is InChI=1S/C26H18Br2IN3O4/c1-2-34-22-8-15(7-21(29)25(22)35-14-17-6-4-3-5-16(17)12-30)13-31-32-26(33)23-10-18-9-19(27)11-20(28)24(18)36-23/h3-11,13H,2,14H2,1H3,(H,32,33)/b31-13-. The fourth-order valence-electron chi connectivity index (χ4n) is 3.38. The Balaban J connectivity index is 1.49. The molecule has 1 aromatic heterocycles. The number of nitriles is 1. The van der Waals surface area contributed by atoms with Gasteiger partial charge in [0.2, 0.25) is 0 Å². The molecule has 3 aromatic carbocycles. The number of carbonyl (C=O) groups is 1. The van der Waals surface area contributed by atoms with Gasteiger partial charge in [0, 0.05) is 15.4 Å². The first kappa shape index (κ1) is 26.2. The molecule has 0 fully saturated rings. The van der Waals surface area contributed by atoms with Crippen LogP contribution >= 0.6 is 54.5 Å². The van der Waals surface area contributed by atoms with Crippen molar-refractivity contribution in [3.05, 3.63) is 89.6 Å². The van der Waals surface area contributed by atoms with E-state index >= 15 is 0 Å². The second-order valence-electron chi connectivity index (χ2n) is 7.44. The zero-order chi connectivity index (χ0) is 25.7. The van der Waals surface area contributed by atoms with Gasteiger partial charge < -0.3 is 13.9 Å². The Morgan fingerprint density at radius 1 is 1.19 bits per heavy atom. The van der Waals surface area contributed by atoms with E-state index in [-0.39, 0.29) is 12.4 Å². The summed E-state index contributed by atoms with van der Waals surface area (Å²) < 4.78 is 19.9. The predicted molar refractivity (Wildman–Crippen MR) is 152 cm³/mol. The number of halogens is 3. The fraction of sp³-hybridized carbons (Fsp3) is 0.115. The zero-order valence-electron chi connectivity index (χ0n) is 18.8. The van der Waals surface area contributed by atoms with Crippen molar-refractivity contribution in [1.29, 1.82) is 5.26 Å². The number of rotatable bonds is 8. The van der Waals surface area contributed by atoms with Crippen LogP contribution in [0.15, 0.2) is 73.1 Å². The molecule has 0 aliphatic rings. The van der Waals surface area contributed by atoms with Crippen molar-refractivity contribution in [3.63, 3.8) is 0 Å². The molecule has 1 N–H and O–H groups in total. The molecular formula is C26H18Br2IN3O4. The molecule has 0 unspecified atom stereocenters. The summed E-state index contributed by atoms with van der Waals surface area (Å²) in [4.78, 5) is 12.5. The molecule has 0 atom stereocenters. The normalized spacial score (nSPS) is 11.0. The summed E-state index contributed by atoms with van der Waals surface area (Å²) in [7, 11) is 0. The molecule has 0 saturated carbocycles. The lowest BCUT2D eigenvalue weighted by Crippen LogP contribution is -2.16. The molecule has 0 aliphatic carbocycles. The summed E-state index contributed by atoms with van der Waals surface area (Å²) >= 11 is 9.02. The van der Waals surface area contributed by atoms with Crippen LogP contribution in [-0.4, -0.2) is 18.7 Å². The zero-order valence-corrected chi connectivity index (χ0v) is 24.2. The third-order valence-electron chi connectivity index (χ3n) is 4.98. The second-order valence-corrected chi connectivity index (χ2v) is 10.4. The maximum absolute atomic E-state index is 12.5. The van der Waals surface area contributed by atoms with E-state index < -0.39 is 5.91 Å². The van der Waals surface area contributed by atoms with Crippen molar-refractivity contribution in [1.82, 2.24) is 5.43 Å². The highest BCUT2D eigenvalue weighted by molar-refractivity contribution is 14.1. The molecule has 0 aliphatic heterocycles. The maximum atomic E-state index is 12.5. The first-order chi connectivity index (χ1) is 17.4. The minimum absolute atomic E-state index is 0.145. The number of hydrazone groups is 1. The van der Waals surface area contributed by atoms with Crippen LogP contribution in [0, 0.1) is 14.9 Å². The first-order valence-electron chi connectivity index (χ1n) is 10.7. The summed E-state index contributed by atoms with van der Waals surface area (Å²) in [6.45, 7) is 2.55.